The molecular formula is C22H23N3O5. The quantitative estimate of drug-likeness (QED) is 0.443. The molecule has 4 rings (SSSR count). The maximum absolute atomic E-state index is 13.0. The van der Waals surface area contributed by atoms with Gasteiger partial charge in [-0.15, -0.1) is 0 Å². The lowest BCUT2D eigenvalue weighted by molar-refractivity contribution is -0.384. The van der Waals surface area contributed by atoms with Crippen LogP contribution in [-0.4, -0.2) is 35.0 Å². The third kappa shape index (κ3) is 3.85. The van der Waals surface area contributed by atoms with Crippen molar-refractivity contribution in [3.63, 3.8) is 0 Å². The Kier molecular flexibility index (Phi) is 5.15. The van der Waals surface area contributed by atoms with Crippen LogP contribution in [-0.2, 0) is 16.0 Å². The van der Waals surface area contributed by atoms with E-state index in [-0.39, 0.29) is 29.2 Å². The maximum Gasteiger partial charge on any atom is 0.339 e. The van der Waals surface area contributed by atoms with E-state index in [0.29, 0.717) is 5.69 Å². The molecule has 0 aromatic heterocycles. The zero-order valence-electron chi connectivity index (χ0n) is 16.8. The molecule has 0 bridgehead atoms. The van der Waals surface area contributed by atoms with Gasteiger partial charge >= 0.3 is 5.97 Å². The molecule has 8 heteroatoms. The van der Waals surface area contributed by atoms with Crippen molar-refractivity contribution in [2.75, 3.05) is 10.2 Å². The number of fused-ring (bicyclic) bond motifs is 1. The lowest BCUT2D eigenvalue weighted by atomic mass is 10.1. The number of carbonyl (C=O) groups excluding carboxylic acids is 2. The molecule has 1 aliphatic carbocycles. The molecule has 0 saturated heterocycles. The summed E-state index contributed by atoms with van der Waals surface area (Å²) >= 11 is 0. The molecule has 1 saturated carbocycles. The van der Waals surface area contributed by atoms with E-state index in [1.165, 1.54) is 25.1 Å². The monoisotopic (exact) mass is 409 g/mol. The largest absolute Gasteiger partial charge is 0.449 e. The van der Waals surface area contributed by atoms with Crippen molar-refractivity contribution in [3.05, 3.63) is 63.7 Å². The average molecular weight is 409 g/mol. The number of carbonyl (C=O) groups is 2. The molecule has 1 fully saturated rings. The fraction of sp³-hybridized carbons (Fsp3) is 0.364. The molecule has 0 spiro atoms. The van der Waals surface area contributed by atoms with Gasteiger partial charge in [0.2, 0.25) is 0 Å². The van der Waals surface area contributed by atoms with Crippen molar-refractivity contribution in [2.45, 2.75) is 51.3 Å². The van der Waals surface area contributed by atoms with Gasteiger partial charge in [-0.1, -0.05) is 18.2 Å². The number of esters is 1. The lowest BCUT2D eigenvalue weighted by Crippen LogP contribution is -2.43. The second-order valence-electron chi connectivity index (χ2n) is 7.85. The smallest absolute Gasteiger partial charge is 0.339 e. The van der Waals surface area contributed by atoms with Crippen LogP contribution < -0.4 is 10.2 Å². The van der Waals surface area contributed by atoms with Gasteiger partial charge in [-0.2, -0.15) is 0 Å². The number of nitrogens with one attached hydrogen (secondary N) is 1. The van der Waals surface area contributed by atoms with E-state index in [4.69, 9.17) is 4.74 Å². The highest BCUT2D eigenvalue weighted by atomic mass is 16.6. The van der Waals surface area contributed by atoms with Gasteiger partial charge < -0.3 is 15.0 Å². The van der Waals surface area contributed by atoms with E-state index >= 15 is 0 Å². The number of para-hydroxylation sites is 1. The number of amides is 1. The summed E-state index contributed by atoms with van der Waals surface area (Å²) in [5.74, 6) is -1.08. The first-order chi connectivity index (χ1) is 14.3. The Morgan fingerprint density at radius 2 is 1.97 bits per heavy atom. The number of nitro groups is 1. The highest BCUT2D eigenvalue weighted by molar-refractivity contribution is 6.01. The summed E-state index contributed by atoms with van der Waals surface area (Å²) in [6.45, 7) is 3.46. The van der Waals surface area contributed by atoms with E-state index in [9.17, 15) is 19.7 Å². The first kappa shape index (κ1) is 19.9. The van der Waals surface area contributed by atoms with Gasteiger partial charge in [0, 0.05) is 23.8 Å². The first-order valence-electron chi connectivity index (χ1n) is 10.0. The van der Waals surface area contributed by atoms with Gasteiger partial charge in [0.05, 0.1) is 10.5 Å². The molecule has 1 aliphatic heterocycles. The number of hydrogen-bond donors (Lipinski definition) is 1. The van der Waals surface area contributed by atoms with Gasteiger partial charge in [0.1, 0.15) is 5.69 Å². The third-order valence-corrected chi connectivity index (χ3v) is 5.44. The number of hydrogen-bond acceptors (Lipinski definition) is 6. The summed E-state index contributed by atoms with van der Waals surface area (Å²) in [5.41, 5.74) is 2.14. The Morgan fingerprint density at radius 3 is 2.67 bits per heavy atom. The van der Waals surface area contributed by atoms with Gasteiger partial charge in [0.15, 0.2) is 6.10 Å². The molecule has 30 heavy (non-hydrogen) atoms. The van der Waals surface area contributed by atoms with Gasteiger partial charge in [-0.05, 0) is 56.9 Å². The minimum absolute atomic E-state index is 0.0371. The summed E-state index contributed by atoms with van der Waals surface area (Å²) in [4.78, 5) is 38.1. The van der Waals surface area contributed by atoms with Crippen LogP contribution in [0.3, 0.4) is 0 Å². The van der Waals surface area contributed by atoms with Crippen LogP contribution in [0.15, 0.2) is 42.5 Å². The van der Waals surface area contributed by atoms with Crippen LogP contribution in [0.4, 0.5) is 17.1 Å². The predicted molar refractivity (Wildman–Crippen MR) is 112 cm³/mol. The van der Waals surface area contributed by atoms with Crippen molar-refractivity contribution >= 4 is 28.9 Å². The van der Waals surface area contributed by atoms with Crippen molar-refractivity contribution in [1.29, 1.82) is 0 Å². The number of nitrogens with zero attached hydrogens (tertiary/aromatic N) is 2. The van der Waals surface area contributed by atoms with E-state index in [1.54, 1.807) is 4.90 Å². The fourth-order valence-electron chi connectivity index (χ4n) is 3.76. The predicted octanol–water partition coefficient (Wildman–Crippen LogP) is 3.69. The van der Waals surface area contributed by atoms with Crippen LogP contribution >= 0.6 is 0 Å². The van der Waals surface area contributed by atoms with E-state index in [2.05, 4.69) is 5.32 Å². The molecule has 1 heterocycles. The van der Waals surface area contributed by atoms with Gasteiger partial charge in [-0.25, -0.2) is 4.79 Å². The van der Waals surface area contributed by atoms with Crippen LogP contribution in [0.5, 0.6) is 0 Å². The Bertz CT molecular complexity index is 1020. The van der Waals surface area contributed by atoms with E-state index < -0.39 is 17.0 Å². The topological polar surface area (TPSA) is 102 Å². The van der Waals surface area contributed by atoms with Crippen molar-refractivity contribution in [1.82, 2.24) is 0 Å². The van der Waals surface area contributed by atoms with E-state index in [0.717, 1.165) is 30.5 Å². The Balaban J connectivity index is 1.49. The van der Waals surface area contributed by atoms with Crippen LogP contribution in [0.25, 0.3) is 0 Å². The van der Waals surface area contributed by atoms with E-state index in [1.807, 2.05) is 31.2 Å². The first-order valence-corrected chi connectivity index (χ1v) is 10.0. The fourth-order valence-corrected chi connectivity index (χ4v) is 3.76. The normalized spacial score (nSPS) is 18.5. The van der Waals surface area contributed by atoms with Crippen molar-refractivity contribution < 1.29 is 19.2 Å². The summed E-state index contributed by atoms with van der Waals surface area (Å²) in [6.07, 6.45) is 1.66. The Morgan fingerprint density at radius 1 is 1.23 bits per heavy atom. The minimum atomic E-state index is -1.02. The van der Waals surface area contributed by atoms with Crippen LogP contribution in [0.1, 0.15) is 42.6 Å². The molecule has 1 amide bonds. The number of ether oxygens (including phenoxy) is 1. The molecule has 2 aromatic rings. The zero-order chi connectivity index (χ0) is 21.4. The highest BCUT2D eigenvalue weighted by Crippen LogP contribution is 2.33. The zero-order valence-corrected chi connectivity index (χ0v) is 16.8. The summed E-state index contributed by atoms with van der Waals surface area (Å²) < 4.78 is 5.37. The molecule has 156 valence electrons. The molecule has 0 radical (unpaired) electrons. The lowest BCUT2D eigenvalue weighted by Gasteiger charge is -2.26. The minimum Gasteiger partial charge on any atom is -0.449 e. The number of anilines is 2. The van der Waals surface area contributed by atoms with Gasteiger partial charge in [-0.3, -0.25) is 14.9 Å². The molecular weight excluding hydrogens is 386 g/mol. The Hall–Kier alpha value is -3.42. The number of benzene rings is 2. The second-order valence-corrected chi connectivity index (χ2v) is 7.85. The second kappa shape index (κ2) is 7.78. The van der Waals surface area contributed by atoms with Gasteiger partial charge in [0.25, 0.3) is 11.6 Å². The third-order valence-electron chi connectivity index (χ3n) is 5.44. The highest BCUT2D eigenvalue weighted by Gasteiger charge is 2.35. The molecule has 2 aliphatic rings. The summed E-state index contributed by atoms with van der Waals surface area (Å²) in [7, 11) is 0. The molecule has 2 aromatic carbocycles. The summed E-state index contributed by atoms with van der Waals surface area (Å²) in [5, 5.41) is 14.5. The number of rotatable bonds is 6. The summed E-state index contributed by atoms with van der Waals surface area (Å²) in [6, 6.07) is 12.0. The molecule has 0 unspecified atom stereocenters. The molecule has 1 N–H and O–H groups in total. The van der Waals surface area contributed by atoms with Crippen molar-refractivity contribution in [3.8, 4) is 0 Å². The maximum atomic E-state index is 13.0. The van der Waals surface area contributed by atoms with Crippen LogP contribution in [0.2, 0.25) is 0 Å². The molecule has 2 atom stereocenters. The van der Waals surface area contributed by atoms with Crippen molar-refractivity contribution in [2.24, 2.45) is 0 Å². The van der Waals surface area contributed by atoms with Crippen LogP contribution in [0, 0.1) is 10.1 Å². The number of nitro benzene ring substituents is 1. The Labute approximate surface area is 174 Å². The standard InChI is InChI=1S/C22H23N3O5/c1-13-11-15-5-3-4-6-19(15)24(13)21(26)14(2)30-22(27)16-7-10-18(23-17-8-9-17)20(12-16)25(28)29/h3-7,10,12-14,17,23H,8-9,11H2,1-2H3/t13-,14-/m0/s1. The average Bonchev–Trinajstić information content (AvgIpc) is 3.46. The molecule has 8 nitrogen and oxygen atoms in total. The SMILES string of the molecule is C[C@H](OC(=O)c1ccc(NC2CC2)c([N+](=O)[O-])c1)C(=O)N1c2ccccc2C[C@@H]1C.